The molecule has 2 nitrogen and oxygen atoms in total. The Kier molecular flexibility index (Phi) is 3.71. The highest BCUT2D eigenvalue weighted by Gasteiger charge is 1.97. The Labute approximate surface area is 77.9 Å². The minimum atomic E-state index is -0.169. The zero-order valence-corrected chi connectivity index (χ0v) is 7.81. The van der Waals surface area contributed by atoms with Crippen LogP contribution in [0.2, 0.25) is 0 Å². The van der Waals surface area contributed by atoms with Gasteiger partial charge in [0.15, 0.2) is 0 Å². The summed E-state index contributed by atoms with van der Waals surface area (Å²) in [7, 11) is 0. The third kappa shape index (κ3) is 3.03. The molecule has 0 atom stereocenters. The summed E-state index contributed by atoms with van der Waals surface area (Å²) in [5, 5.41) is 3.09. The summed E-state index contributed by atoms with van der Waals surface area (Å²) in [6, 6.07) is 5.14. The first-order valence-corrected chi connectivity index (χ1v) is 4.44. The lowest BCUT2D eigenvalue weighted by Gasteiger charge is -2.05. The Morgan fingerprint density at radius 1 is 1.46 bits per heavy atom. The normalized spacial score (nSPS) is 10.1. The number of anilines is 1. The highest BCUT2D eigenvalue weighted by Crippen LogP contribution is 2.13. The molecule has 0 radical (unpaired) electrons. The molecule has 0 aromatic heterocycles. The Morgan fingerprint density at radius 2 is 2.23 bits per heavy atom. The molecule has 13 heavy (non-hydrogen) atoms. The summed E-state index contributed by atoms with van der Waals surface area (Å²) in [4.78, 5) is 0. The van der Waals surface area contributed by atoms with E-state index in [0.29, 0.717) is 12.1 Å². The van der Waals surface area contributed by atoms with Crippen molar-refractivity contribution in [1.82, 2.24) is 0 Å². The highest BCUT2D eigenvalue weighted by molar-refractivity contribution is 5.44. The van der Waals surface area contributed by atoms with Gasteiger partial charge in [0.2, 0.25) is 0 Å². The number of hydrogen-bond acceptors (Lipinski definition) is 2. The van der Waals surface area contributed by atoms with Gasteiger partial charge in [0, 0.05) is 12.2 Å². The van der Waals surface area contributed by atoms with Crippen LogP contribution in [0.5, 0.6) is 0 Å². The molecule has 0 amide bonds. The van der Waals surface area contributed by atoms with E-state index in [1.165, 1.54) is 6.07 Å². The molecule has 1 aromatic carbocycles. The number of nitrogens with two attached hydrogens (primary N) is 1. The smallest absolute Gasteiger partial charge is 0.128 e. The van der Waals surface area contributed by atoms with E-state index in [1.807, 2.05) is 6.07 Å². The van der Waals surface area contributed by atoms with Crippen molar-refractivity contribution in [2.24, 2.45) is 5.73 Å². The molecule has 0 heterocycles. The molecular weight excluding hydrogens is 167 g/mol. The molecule has 0 fully saturated rings. The van der Waals surface area contributed by atoms with Crippen LogP contribution < -0.4 is 11.1 Å². The first-order chi connectivity index (χ1) is 6.24. The third-order valence-electron chi connectivity index (χ3n) is 1.88. The third-order valence-corrected chi connectivity index (χ3v) is 1.88. The second kappa shape index (κ2) is 4.82. The zero-order valence-electron chi connectivity index (χ0n) is 7.81. The van der Waals surface area contributed by atoms with E-state index in [1.54, 1.807) is 13.0 Å². The molecule has 3 heteroatoms. The van der Waals surface area contributed by atoms with Gasteiger partial charge in [0.1, 0.15) is 5.82 Å². The second-order valence-electron chi connectivity index (χ2n) is 3.03. The SMILES string of the molecule is Cc1ccc(NCCCN)cc1F. The van der Waals surface area contributed by atoms with Crippen molar-refractivity contribution in [2.75, 3.05) is 18.4 Å². The van der Waals surface area contributed by atoms with Gasteiger partial charge in [-0.15, -0.1) is 0 Å². The molecule has 0 aliphatic carbocycles. The number of aryl methyl sites for hydroxylation is 1. The Balaban J connectivity index is 2.53. The maximum absolute atomic E-state index is 13.0. The van der Waals surface area contributed by atoms with E-state index < -0.39 is 0 Å². The first kappa shape index (κ1) is 9.99. The summed E-state index contributed by atoms with van der Waals surface area (Å²) in [5.41, 5.74) is 6.82. The lowest BCUT2D eigenvalue weighted by Crippen LogP contribution is -2.08. The minimum absolute atomic E-state index is 0.169. The van der Waals surface area contributed by atoms with Crippen molar-refractivity contribution in [3.63, 3.8) is 0 Å². The summed E-state index contributed by atoms with van der Waals surface area (Å²) in [5.74, 6) is -0.169. The van der Waals surface area contributed by atoms with Crippen LogP contribution in [0.15, 0.2) is 18.2 Å². The van der Waals surface area contributed by atoms with Crippen molar-refractivity contribution in [3.05, 3.63) is 29.6 Å². The predicted octanol–water partition coefficient (Wildman–Crippen LogP) is 1.89. The van der Waals surface area contributed by atoms with Gasteiger partial charge in [-0.3, -0.25) is 0 Å². The first-order valence-electron chi connectivity index (χ1n) is 4.44. The van der Waals surface area contributed by atoms with E-state index in [-0.39, 0.29) is 5.82 Å². The largest absolute Gasteiger partial charge is 0.385 e. The van der Waals surface area contributed by atoms with Gasteiger partial charge >= 0.3 is 0 Å². The van der Waals surface area contributed by atoms with Crippen LogP contribution in [0.25, 0.3) is 0 Å². The lowest BCUT2D eigenvalue weighted by atomic mass is 10.2. The number of hydrogen-bond donors (Lipinski definition) is 2. The Morgan fingerprint density at radius 3 is 2.85 bits per heavy atom. The van der Waals surface area contributed by atoms with Crippen molar-refractivity contribution >= 4 is 5.69 Å². The van der Waals surface area contributed by atoms with E-state index in [4.69, 9.17) is 5.73 Å². The fourth-order valence-electron chi connectivity index (χ4n) is 1.04. The van der Waals surface area contributed by atoms with Gasteiger partial charge in [0.25, 0.3) is 0 Å². The van der Waals surface area contributed by atoms with E-state index in [0.717, 1.165) is 18.7 Å². The molecule has 0 unspecified atom stereocenters. The van der Waals surface area contributed by atoms with Gasteiger partial charge in [-0.25, -0.2) is 4.39 Å². The van der Waals surface area contributed by atoms with Crippen molar-refractivity contribution in [1.29, 1.82) is 0 Å². The van der Waals surface area contributed by atoms with E-state index >= 15 is 0 Å². The van der Waals surface area contributed by atoms with Crippen LogP contribution in [0.3, 0.4) is 0 Å². The molecule has 0 saturated carbocycles. The van der Waals surface area contributed by atoms with Crippen LogP contribution in [-0.2, 0) is 0 Å². The predicted molar refractivity (Wildman–Crippen MR) is 53.3 cm³/mol. The quantitative estimate of drug-likeness (QED) is 0.698. The van der Waals surface area contributed by atoms with Crippen LogP contribution in [0, 0.1) is 12.7 Å². The van der Waals surface area contributed by atoms with Gasteiger partial charge in [-0.05, 0) is 37.6 Å². The number of rotatable bonds is 4. The summed E-state index contributed by atoms with van der Waals surface area (Å²) in [6.07, 6.45) is 0.898. The topological polar surface area (TPSA) is 38.0 Å². The van der Waals surface area contributed by atoms with E-state index in [2.05, 4.69) is 5.32 Å². The fraction of sp³-hybridized carbons (Fsp3) is 0.400. The highest BCUT2D eigenvalue weighted by atomic mass is 19.1. The van der Waals surface area contributed by atoms with Crippen molar-refractivity contribution in [3.8, 4) is 0 Å². The zero-order chi connectivity index (χ0) is 9.68. The number of halogens is 1. The summed E-state index contributed by atoms with van der Waals surface area (Å²) < 4.78 is 13.0. The van der Waals surface area contributed by atoms with Crippen LogP contribution in [0.1, 0.15) is 12.0 Å². The molecule has 1 rings (SSSR count). The molecule has 3 N–H and O–H groups in total. The molecule has 0 spiro atoms. The van der Waals surface area contributed by atoms with Gasteiger partial charge in [0.05, 0.1) is 0 Å². The Hall–Kier alpha value is -1.09. The number of nitrogens with one attached hydrogen (secondary N) is 1. The van der Waals surface area contributed by atoms with Crippen LogP contribution in [-0.4, -0.2) is 13.1 Å². The molecular formula is C10H15FN2. The molecule has 72 valence electrons. The minimum Gasteiger partial charge on any atom is -0.385 e. The monoisotopic (exact) mass is 182 g/mol. The maximum atomic E-state index is 13.0. The number of benzene rings is 1. The maximum Gasteiger partial charge on any atom is 0.128 e. The molecule has 0 saturated heterocycles. The van der Waals surface area contributed by atoms with Crippen LogP contribution in [0.4, 0.5) is 10.1 Å². The van der Waals surface area contributed by atoms with Crippen molar-refractivity contribution < 1.29 is 4.39 Å². The average Bonchev–Trinajstić information content (AvgIpc) is 2.12. The molecule has 0 aliphatic heterocycles. The molecule has 1 aromatic rings. The van der Waals surface area contributed by atoms with Gasteiger partial charge < -0.3 is 11.1 Å². The fourth-order valence-corrected chi connectivity index (χ4v) is 1.04. The summed E-state index contributed by atoms with van der Waals surface area (Å²) >= 11 is 0. The molecule has 0 aliphatic rings. The Bertz CT molecular complexity index is 274. The lowest BCUT2D eigenvalue weighted by molar-refractivity contribution is 0.619. The molecule has 0 bridgehead atoms. The van der Waals surface area contributed by atoms with Crippen molar-refractivity contribution in [2.45, 2.75) is 13.3 Å². The van der Waals surface area contributed by atoms with Crippen LogP contribution >= 0.6 is 0 Å². The average molecular weight is 182 g/mol. The summed E-state index contributed by atoms with van der Waals surface area (Å²) in [6.45, 7) is 3.19. The van der Waals surface area contributed by atoms with E-state index in [9.17, 15) is 4.39 Å². The second-order valence-corrected chi connectivity index (χ2v) is 3.03. The standard InChI is InChI=1S/C10H15FN2/c1-8-3-4-9(7-10(8)11)13-6-2-5-12/h3-4,7,13H,2,5-6,12H2,1H3. The van der Waals surface area contributed by atoms with Gasteiger partial charge in [-0.1, -0.05) is 6.07 Å². The van der Waals surface area contributed by atoms with Gasteiger partial charge in [-0.2, -0.15) is 0 Å².